The van der Waals surface area contributed by atoms with Crippen LogP contribution in [0, 0.1) is 0 Å². The highest BCUT2D eigenvalue weighted by atomic mass is 32.1. The lowest BCUT2D eigenvalue weighted by molar-refractivity contribution is 0.0531. The van der Waals surface area contributed by atoms with Gasteiger partial charge in [-0.05, 0) is 60.8 Å². The summed E-state index contributed by atoms with van der Waals surface area (Å²) >= 11 is 1.34. The zero-order valence-electron chi connectivity index (χ0n) is 14.8. The Hall–Kier alpha value is -3.19. The molecular formula is C20H17NO5S. The third kappa shape index (κ3) is 4.15. The first-order valence-electron chi connectivity index (χ1n) is 8.22. The van der Waals surface area contributed by atoms with E-state index in [4.69, 9.17) is 4.74 Å². The van der Waals surface area contributed by atoms with E-state index in [-0.39, 0.29) is 11.9 Å². The van der Waals surface area contributed by atoms with Gasteiger partial charge in [-0.15, -0.1) is 11.3 Å². The molecule has 138 valence electrons. The summed E-state index contributed by atoms with van der Waals surface area (Å²) in [5.41, 5.74) is 1.40. The molecule has 1 N–H and O–H groups in total. The van der Waals surface area contributed by atoms with Crippen LogP contribution in [-0.2, 0) is 9.47 Å². The standard InChI is InChI=1S/C20H17NO5S/c1-3-26-20(24)17-11-14-10-15(8-9-16(14)27-17)21-18(22)12-4-6-13(7-5-12)19(23)25-2/h4-11H,3H2,1-2H3,(H,21,22). The Bertz CT molecular complexity index is 1010. The number of nitrogens with one attached hydrogen (secondary N) is 1. The van der Waals surface area contributed by atoms with Gasteiger partial charge in [-0.2, -0.15) is 0 Å². The number of hydrogen-bond donors (Lipinski definition) is 1. The molecular weight excluding hydrogens is 366 g/mol. The average molecular weight is 383 g/mol. The summed E-state index contributed by atoms with van der Waals surface area (Å²) in [5, 5.41) is 3.66. The Balaban J connectivity index is 1.76. The first-order chi connectivity index (χ1) is 13.0. The fourth-order valence-electron chi connectivity index (χ4n) is 2.50. The lowest BCUT2D eigenvalue weighted by Gasteiger charge is -2.06. The van der Waals surface area contributed by atoms with Crippen LogP contribution in [0.25, 0.3) is 10.1 Å². The van der Waals surface area contributed by atoms with Crippen LogP contribution >= 0.6 is 11.3 Å². The predicted octanol–water partition coefficient (Wildman–Crippen LogP) is 4.12. The molecule has 0 radical (unpaired) electrons. The van der Waals surface area contributed by atoms with Crippen molar-refractivity contribution in [1.29, 1.82) is 0 Å². The van der Waals surface area contributed by atoms with Crippen molar-refractivity contribution in [2.24, 2.45) is 0 Å². The normalized spacial score (nSPS) is 10.4. The highest BCUT2D eigenvalue weighted by Crippen LogP contribution is 2.29. The monoisotopic (exact) mass is 383 g/mol. The third-order valence-corrected chi connectivity index (χ3v) is 4.92. The Labute approximate surface area is 159 Å². The smallest absolute Gasteiger partial charge is 0.348 e. The highest BCUT2D eigenvalue weighted by Gasteiger charge is 2.13. The van der Waals surface area contributed by atoms with Crippen molar-refractivity contribution in [3.63, 3.8) is 0 Å². The summed E-state index contributed by atoms with van der Waals surface area (Å²) < 4.78 is 10.6. The van der Waals surface area contributed by atoms with Crippen molar-refractivity contribution in [1.82, 2.24) is 0 Å². The van der Waals surface area contributed by atoms with Crippen molar-refractivity contribution in [3.05, 3.63) is 64.5 Å². The molecule has 7 heteroatoms. The summed E-state index contributed by atoms with van der Waals surface area (Å²) in [4.78, 5) is 36.2. The highest BCUT2D eigenvalue weighted by molar-refractivity contribution is 7.20. The van der Waals surface area contributed by atoms with Crippen LogP contribution in [0.4, 0.5) is 5.69 Å². The Morgan fingerprint density at radius 1 is 0.963 bits per heavy atom. The molecule has 0 fully saturated rings. The number of esters is 2. The van der Waals surface area contributed by atoms with Crippen LogP contribution in [0.5, 0.6) is 0 Å². The molecule has 0 bridgehead atoms. The van der Waals surface area contributed by atoms with Crippen LogP contribution in [0.1, 0.15) is 37.3 Å². The van der Waals surface area contributed by atoms with E-state index in [1.165, 1.54) is 30.6 Å². The molecule has 0 saturated carbocycles. The number of amides is 1. The average Bonchev–Trinajstić information content (AvgIpc) is 3.11. The first kappa shape index (κ1) is 18.6. The second-order valence-corrected chi connectivity index (χ2v) is 6.69. The molecule has 3 rings (SSSR count). The Morgan fingerprint density at radius 2 is 1.67 bits per heavy atom. The zero-order chi connectivity index (χ0) is 19.4. The van der Waals surface area contributed by atoms with E-state index in [0.29, 0.717) is 28.3 Å². The lowest BCUT2D eigenvalue weighted by atomic mass is 10.1. The molecule has 0 aliphatic rings. The maximum absolute atomic E-state index is 12.4. The number of anilines is 1. The number of thiophene rings is 1. The lowest BCUT2D eigenvalue weighted by Crippen LogP contribution is -2.12. The van der Waals surface area contributed by atoms with Crippen molar-refractivity contribution in [3.8, 4) is 0 Å². The van der Waals surface area contributed by atoms with Gasteiger partial charge in [0, 0.05) is 16.0 Å². The number of carbonyl (C=O) groups is 3. The van der Waals surface area contributed by atoms with E-state index in [1.54, 1.807) is 37.3 Å². The molecule has 1 heterocycles. The topological polar surface area (TPSA) is 81.7 Å². The number of rotatable bonds is 5. The molecule has 0 spiro atoms. The van der Waals surface area contributed by atoms with Gasteiger partial charge < -0.3 is 14.8 Å². The van der Waals surface area contributed by atoms with Crippen LogP contribution in [0.15, 0.2) is 48.5 Å². The largest absolute Gasteiger partial charge is 0.465 e. The van der Waals surface area contributed by atoms with Gasteiger partial charge in [0.1, 0.15) is 4.88 Å². The van der Waals surface area contributed by atoms with E-state index in [0.717, 1.165) is 10.1 Å². The minimum absolute atomic E-state index is 0.299. The maximum atomic E-state index is 12.4. The maximum Gasteiger partial charge on any atom is 0.348 e. The third-order valence-electron chi connectivity index (χ3n) is 3.82. The van der Waals surface area contributed by atoms with Crippen molar-refractivity contribution in [2.75, 3.05) is 19.0 Å². The second kappa shape index (κ2) is 8.01. The minimum atomic E-state index is -0.456. The number of fused-ring (bicyclic) bond motifs is 1. The van der Waals surface area contributed by atoms with E-state index >= 15 is 0 Å². The van der Waals surface area contributed by atoms with Gasteiger partial charge in [0.2, 0.25) is 0 Å². The molecule has 0 aliphatic carbocycles. The Morgan fingerprint density at radius 3 is 2.33 bits per heavy atom. The first-order valence-corrected chi connectivity index (χ1v) is 9.04. The van der Waals surface area contributed by atoms with Gasteiger partial charge in [0.25, 0.3) is 5.91 Å². The summed E-state index contributed by atoms with van der Waals surface area (Å²) in [7, 11) is 1.30. The van der Waals surface area contributed by atoms with E-state index in [9.17, 15) is 14.4 Å². The molecule has 27 heavy (non-hydrogen) atoms. The predicted molar refractivity (Wildman–Crippen MR) is 104 cm³/mol. The molecule has 0 aliphatic heterocycles. The summed E-state index contributed by atoms with van der Waals surface area (Å²) in [5.74, 6) is -1.11. The van der Waals surface area contributed by atoms with E-state index in [1.807, 2.05) is 6.07 Å². The van der Waals surface area contributed by atoms with Crippen LogP contribution < -0.4 is 5.32 Å². The quantitative estimate of drug-likeness (QED) is 0.671. The van der Waals surface area contributed by atoms with Gasteiger partial charge >= 0.3 is 11.9 Å². The van der Waals surface area contributed by atoms with Crippen LogP contribution in [0.2, 0.25) is 0 Å². The number of hydrogen-bond acceptors (Lipinski definition) is 6. The van der Waals surface area contributed by atoms with Crippen molar-refractivity contribution < 1.29 is 23.9 Å². The minimum Gasteiger partial charge on any atom is -0.465 e. The van der Waals surface area contributed by atoms with Gasteiger partial charge in [-0.3, -0.25) is 4.79 Å². The molecule has 6 nitrogen and oxygen atoms in total. The number of ether oxygens (including phenoxy) is 2. The molecule has 3 aromatic rings. The second-order valence-electron chi connectivity index (χ2n) is 5.61. The van der Waals surface area contributed by atoms with Crippen LogP contribution in [0.3, 0.4) is 0 Å². The molecule has 0 saturated heterocycles. The SMILES string of the molecule is CCOC(=O)c1cc2cc(NC(=O)c3ccc(C(=O)OC)cc3)ccc2s1. The van der Waals surface area contributed by atoms with Gasteiger partial charge in [0.05, 0.1) is 19.3 Å². The zero-order valence-corrected chi connectivity index (χ0v) is 15.6. The van der Waals surface area contributed by atoms with Crippen molar-refractivity contribution >= 4 is 45.0 Å². The molecule has 1 aromatic heterocycles. The summed E-state index contributed by atoms with van der Waals surface area (Å²) in [6.45, 7) is 2.08. The van der Waals surface area contributed by atoms with E-state index < -0.39 is 5.97 Å². The van der Waals surface area contributed by atoms with E-state index in [2.05, 4.69) is 10.1 Å². The molecule has 0 atom stereocenters. The number of benzene rings is 2. The fraction of sp³-hybridized carbons (Fsp3) is 0.150. The van der Waals surface area contributed by atoms with Gasteiger partial charge in [0.15, 0.2) is 0 Å². The molecule has 1 amide bonds. The van der Waals surface area contributed by atoms with Crippen molar-refractivity contribution in [2.45, 2.75) is 6.92 Å². The molecule has 2 aromatic carbocycles. The summed E-state index contributed by atoms with van der Waals surface area (Å²) in [6.07, 6.45) is 0. The molecule has 0 unspecified atom stereocenters. The Kier molecular flexibility index (Phi) is 5.52. The van der Waals surface area contributed by atoms with Crippen LogP contribution in [-0.4, -0.2) is 31.6 Å². The summed E-state index contributed by atoms with van der Waals surface area (Å²) in [6, 6.07) is 13.4. The fourth-order valence-corrected chi connectivity index (χ4v) is 3.44. The van der Waals surface area contributed by atoms with Gasteiger partial charge in [-0.25, -0.2) is 9.59 Å². The number of carbonyl (C=O) groups excluding carboxylic acids is 3. The van der Waals surface area contributed by atoms with Gasteiger partial charge in [-0.1, -0.05) is 0 Å². The number of methoxy groups -OCH3 is 1.